The maximum absolute atomic E-state index is 13.4. The minimum Gasteiger partial charge on any atom is -0.342 e. The molecule has 2 aromatic rings. The van der Waals surface area contributed by atoms with Gasteiger partial charge in [-0.3, -0.25) is 4.98 Å². The van der Waals surface area contributed by atoms with Gasteiger partial charge in [-0.05, 0) is 12.1 Å². The molecule has 14 heavy (non-hydrogen) atoms. The highest BCUT2D eigenvalue weighted by Gasteiger charge is 2.07. The highest BCUT2D eigenvalue weighted by Crippen LogP contribution is 2.16. The quantitative estimate of drug-likeness (QED) is 0.730. The normalized spacial score (nSPS) is 10.1. The molecule has 0 aromatic carbocycles. The number of H-pyrrole nitrogens is 1. The van der Waals surface area contributed by atoms with Crippen molar-refractivity contribution in [2.45, 2.75) is 0 Å². The molecule has 0 atom stereocenters. The van der Waals surface area contributed by atoms with Crippen LogP contribution < -0.4 is 0 Å². The van der Waals surface area contributed by atoms with Crippen molar-refractivity contribution in [3.05, 3.63) is 41.2 Å². The van der Waals surface area contributed by atoms with Crippen molar-refractivity contribution in [2.24, 2.45) is 0 Å². The summed E-state index contributed by atoms with van der Waals surface area (Å²) in [5.41, 5.74) is 0.782. The van der Waals surface area contributed by atoms with E-state index in [1.54, 1.807) is 24.4 Å². The molecule has 2 aromatic heterocycles. The molecule has 0 amide bonds. The Bertz CT molecular complexity index is 495. The first-order valence-electron chi connectivity index (χ1n) is 3.93. The number of hydrogen-bond donors (Lipinski definition) is 1. The lowest BCUT2D eigenvalue weighted by Crippen LogP contribution is -1.93. The molecule has 0 radical (unpaired) electrons. The van der Waals surface area contributed by atoms with E-state index < -0.39 is 5.82 Å². The van der Waals surface area contributed by atoms with Gasteiger partial charge in [0.25, 0.3) is 0 Å². The van der Waals surface area contributed by atoms with Crippen molar-refractivity contribution in [1.82, 2.24) is 15.0 Å². The largest absolute Gasteiger partial charge is 0.342 e. The van der Waals surface area contributed by atoms with Gasteiger partial charge in [-0.15, -0.1) is 0 Å². The Balaban J connectivity index is 2.64. The van der Waals surface area contributed by atoms with Gasteiger partial charge in [0.2, 0.25) is 0 Å². The Morgan fingerprint density at radius 3 is 2.86 bits per heavy atom. The summed E-state index contributed by atoms with van der Waals surface area (Å²) in [5.74, 6) is -0.541. The molecule has 0 bridgehead atoms. The molecule has 2 heterocycles. The monoisotopic (exact) mass is 207 g/mol. The number of nitrogens with zero attached hydrogens (tertiary/aromatic N) is 2. The molecule has 0 unspecified atom stereocenters. The molecule has 5 heteroatoms. The van der Waals surface area contributed by atoms with Crippen LogP contribution in [0, 0.1) is 10.5 Å². The summed E-state index contributed by atoms with van der Waals surface area (Å²) < 4.78 is 13.4. The topological polar surface area (TPSA) is 41.6 Å². The lowest BCUT2D eigenvalue weighted by atomic mass is 10.2. The number of pyridine rings is 1. The molecule has 70 valence electrons. The van der Waals surface area contributed by atoms with Crippen LogP contribution in [0.4, 0.5) is 4.39 Å². The molecule has 1 N–H and O–H groups in total. The minimum atomic E-state index is -0.541. The van der Waals surface area contributed by atoms with E-state index in [1.165, 1.54) is 6.33 Å². The average Bonchev–Trinajstić information content (AvgIpc) is 2.23. The Kier molecular flexibility index (Phi) is 2.32. The van der Waals surface area contributed by atoms with E-state index in [-0.39, 0.29) is 10.3 Å². The summed E-state index contributed by atoms with van der Waals surface area (Å²) in [5, 5.41) is 0. The standard InChI is InChI=1S/C9H6FN3S/c10-7-8(12-5-13-9(7)14)6-3-1-2-4-11-6/h1-5H,(H,12,13,14). The maximum Gasteiger partial charge on any atom is 0.185 e. The predicted molar refractivity (Wildman–Crippen MR) is 52.6 cm³/mol. The van der Waals surface area contributed by atoms with Gasteiger partial charge in [-0.2, -0.15) is 0 Å². The third-order valence-corrected chi connectivity index (χ3v) is 2.00. The van der Waals surface area contributed by atoms with Crippen molar-refractivity contribution in [1.29, 1.82) is 0 Å². The van der Waals surface area contributed by atoms with Crippen molar-refractivity contribution < 1.29 is 4.39 Å². The second-order valence-corrected chi connectivity index (χ2v) is 3.00. The highest BCUT2D eigenvalue weighted by molar-refractivity contribution is 7.71. The van der Waals surface area contributed by atoms with Crippen LogP contribution in [0.2, 0.25) is 0 Å². The fourth-order valence-corrected chi connectivity index (χ4v) is 1.23. The van der Waals surface area contributed by atoms with Crippen LogP contribution >= 0.6 is 12.2 Å². The van der Waals surface area contributed by atoms with E-state index in [9.17, 15) is 4.39 Å². The Morgan fingerprint density at radius 1 is 1.29 bits per heavy atom. The van der Waals surface area contributed by atoms with Crippen LogP contribution in [0.25, 0.3) is 11.4 Å². The molecular formula is C9H6FN3S. The van der Waals surface area contributed by atoms with E-state index in [0.717, 1.165) is 0 Å². The van der Waals surface area contributed by atoms with Gasteiger partial charge in [-0.1, -0.05) is 18.3 Å². The van der Waals surface area contributed by atoms with E-state index in [4.69, 9.17) is 12.2 Å². The summed E-state index contributed by atoms with van der Waals surface area (Å²) in [7, 11) is 0. The van der Waals surface area contributed by atoms with Crippen LogP contribution in [-0.4, -0.2) is 15.0 Å². The van der Waals surface area contributed by atoms with Gasteiger partial charge in [0, 0.05) is 6.20 Å². The van der Waals surface area contributed by atoms with Crippen LogP contribution in [-0.2, 0) is 0 Å². The molecule has 0 aliphatic heterocycles. The van der Waals surface area contributed by atoms with Crippen LogP contribution in [0.1, 0.15) is 0 Å². The molecule has 0 saturated heterocycles. The molecule has 0 spiro atoms. The fourth-order valence-electron chi connectivity index (χ4n) is 1.08. The van der Waals surface area contributed by atoms with Gasteiger partial charge in [0.15, 0.2) is 10.5 Å². The number of halogens is 1. The van der Waals surface area contributed by atoms with Gasteiger partial charge < -0.3 is 4.98 Å². The van der Waals surface area contributed by atoms with Crippen molar-refractivity contribution >= 4 is 12.2 Å². The predicted octanol–water partition coefficient (Wildman–Crippen LogP) is 2.34. The minimum absolute atomic E-state index is 0.0515. The van der Waals surface area contributed by atoms with Crippen molar-refractivity contribution in [2.75, 3.05) is 0 Å². The molecule has 2 rings (SSSR count). The van der Waals surface area contributed by atoms with E-state index in [1.807, 2.05) is 0 Å². The summed E-state index contributed by atoms with van der Waals surface area (Å²) in [6, 6.07) is 5.24. The molecule has 0 saturated carbocycles. The smallest absolute Gasteiger partial charge is 0.185 e. The van der Waals surface area contributed by atoms with Crippen molar-refractivity contribution in [3.8, 4) is 11.4 Å². The first kappa shape index (κ1) is 8.96. The van der Waals surface area contributed by atoms with E-state index in [0.29, 0.717) is 5.69 Å². The summed E-state index contributed by atoms with van der Waals surface area (Å²) in [6.07, 6.45) is 2.95. The zero-order valence-electron chi connectivity index (χ0n) is 7.07. The van der Waals surface area contributed by atoms with Gasteiger partial charge in [0.05, 0.1) is 12.0 Å². The first-order chi connectivity index (χ1) is 6.79. The first-order valence-corrected chi connectivity index (χ1v) is 4.34. The summed E-state index contributed by atoms with van der Waals surface area (Å²) in [6.45, 7) is 0. The maximum atomic E-state index is 13.4. The lowest BCUT2D eigenvalue weighted by molar-refractivity contribution is 0.612. The highest BCUT2D eigenvalue weighted by atomic mass is 32.1. The molecule has 3 nitrogen and oxygen atoms in total. The SMILES string of the molecule is Fc1c(-c2ccccn2)[nH]cnc1=S. The second kappa shape index (κ2) is 3.63. The van der Waals surface area contributed by atoms with Gasteiger partial charge in [0.1, 0.15) is 5.69 Å². The number of aromatic amines is 1. The number of nitrogens with one attached hydrogen (secondary N) is 1. The van der Waals surface area contributed by atoms with Crippen LogP contribution in [0.3, 0.4) is 0 Å². The zero-order chi connectivity index (χ0) is 9.97. The molecular weight excluding hydrogens is 201 g/mol. The third kappa shape index (κ3) is 1.54. The molecule has 0 aliphatic rings. The fraction of sp³-hybridized carbons (Fsp3) is 0. The summed E-state index contributed by atoms with van der Waals surface area (Å²) in [4.78, 5) is 10.3. The van der Waals surface area contributed by atoms with E-state index in [2.05, 4.69) is 15.0 Å². The van der Waals surface area contributed by atoms with Gasteiger partial charge >= 0.3 is 0 Å². The Labute approximate surface area is 84.7 Å². The molecule has 0 aliphatic carbocycles. The number of aromatic nitrogens is 3. The summed E-state index contributed by atoms with van der Waals surface area (Å²) >= 11 is 4.71. The van der Waals surface area contributed by atoms with Crippen LogP contribution in [0.5, 0.6) is 0 Å². The third-order valence-electron chi connectivity index (χ3n) is 1.72. The van der Waals surface area contributed by atoms with Crippen molar-refractivity contribution in [3.63, 3.8) is 0 Å². The van der Waals surface area contributed by atoms with E-state index >= 15 is 0 Å². The van der Waals surface area contributed by atoms with Crippen LogP contribution in [0.15, 0.2) is 30.7 Å². The molecule has 0 fully saturated rings. The lowest BCUT2D eigenvalue weighted by Gasteiger charge is -2.00. The Hall–Kier alpha value is -1.62. The average molecular weight is 207 g/mol. The second-order valence-electron chi connectivity index (χ2n) is 2.61. The van der Waals surface area contributed by atoms with Gasteiger partial charge in [-0.25, -0.2) is 9.37 Å². The Morgan fingerprint density at radius 2 is 2.14 bits per heavy atom. The number of hydrogen-bond acceptors (Lipinski definition) is 3. The number of rotatable bonds is 1. The zero-order valence-corrected chi connectivity index (χ0v) is 7.88.